The van der Waals surface area contributed by atoms with Crippen LogP contribution in [0.3, 0.4) is 0 Å². The zero-order valence-electron chi connectivity index (χ0n) is 13.6. The van der Waals surface area contributed by atoms with Gasteiger partial charge in [-0.3, -0.25) is 14.5 Å². The first-order valence-electron chi connectivity index (χ1n) is 7.67. The maximum atomic E-state index is 12.7. The Hall–Kier alpha value is -1.34. The number of ether oxygens (including phenoxy) is 1. The minimum Gasteiger partial charge on any atom is -0.396 e. The lowest BCUT2D eigenvalue weighted by molar-refractivity contribution is -0.137. The lowest BCUT2D eigenvalue weighted by Gasteiger charge is -2.16. The summed E-state index contributed by atoms with van der Waals surface area (Å²) >= 11 is 7.09. The van der Waals surface area contributed by atoms with Crippen molar-refractivity contribution in [3.8, 4) is 0 Å². The molecule has 2 rings (SSSR count). The summed E-state index contributed by atoms with van der Waals surface area (Å²) < 4.78 is 5.44. The molecule has 24 heavy (non-hydrogen) atoms. The van der Waals surface area contributed by atoms with E-state index >= 15 is 0 Å². The molecule has 0 fully saturated rings. The number of benzene rings is 1. The molecule has 0 saturated heterocycles. The molecule has 1 aliphatic heterocycles. The van der Waals surface area contributed by atoms with Crippen molar-refractivity contribution in [3.63, 3.8) is 0 Å². The molecule has 1 heterocycles. The second kappa shape index (κ2) is 8.67. The lowest BCUT2D eigenvalue weighted by Crippen LogP contribution is -2.35. The molecule has 5 nitrogen and oxygen atoms in total. The fraction of sp³-hybridized carbons (Fsp3) is 0.412. The van der Waals surface area contributed by atoms with Gasteiger partial charge in [-0.15, -0.1) is 11.8 Å². The Morgan fingerprint density at radius 2 is 1.88 bits per heavy atom. The summed E-state index contributed by atoms with van der Waals surface area (Å²) in [5.41, 5.74) is 1.00. The molecule has 1 aromatic rings. The summed E-state index contributed by atoms with van der Waals surface area (Å²) in [6.07, 6.45) is 0.0322. The van der Waals surface area contributed by atoms with Gasteiger partial charge in [-0.2, -0.15) is 0 Å². The number of imide groups is 1. The number of carbonyl (C=O) groups is 2. The molecule has 1 aromatic carbocycles. The number of rotatable bonds is 8. The number of aliphatic hydroxyl groups is 1. The zero-order valence-corrected chi connectivity index (χ0v) is 15.2. The predicted octanol–water partition coefficient (Wildman–Crippen LogP) is 2.57. The van der Waals surface area contributed by atoms with E-state index in [0.717, 1.165) is 0 Å². The third-order valence-corrected chi connectivity index (χ3v) is 4.67. The molecule has 2 amide bonds. The molecule has 130 valence electrons. The summed E-state index contributed by atoms with van der Waals surface area (Å²) in [7, 11) is 0. The standard InChI is InChI=1S/C17H20ClNO4S/c1-11(2)23-9-7-19-16(21)14(12-3-5-13(18)6-4-12)15(17(19)22)24-10-8-20/h3-6,11,20H,7-10H2,1-2H3. The highest BCUT2D eigenvalue weighted by Gasteiger charge is 2.38. The number of amides is 2. The predicted molar refractivity (Wildman–Crippen MR) is 95.7 cm³/mol. The molecule has 0 atom stereocenters. The fourth-order valence-corrected chi connectivity index (χ4v) is 3.29. The van der Waals surface area contributed by atoms with Gasteiger partial charge in [-0.1, -0.05) is 23.7 Å². The van der Waals surface area contributed by atoms with E-state index in [0.29, 0.717) is 33.4 Å². The van der Waals surface area contributed by atoms with Crippen molar-refractivity contribution in [1.29, 1.82) is 0 Å². The zero-order chi connectivity index (χ0) is 17.7. The second-order valence-corrected chi connectivity index (χ2v) is 7.01. The quantitative estimate of drug-likeness (QED) is 0.713. The van der Waals surface area contributed by atoms with Gasteiger partial charge in [0.2, 0.25) is 0 Å². The Bertz CT molecular complexity index is 642. The van der Waals surface area contributed by atoms with Crippen molar-refractivity contribution in [2.75, 3.05) is 25.5 Å². The Labute approximate surface area is 150 Å². The van der Waals surface area contributed by atoms with Gasteiger partial charge in [-0.25, -0.2) is 0 Å². The van der Waals surface area contributed by atoms with Crippen molar-refractivity contribution in [1.82, 2.24) is 4.90 Å². The van der Waals surface area contributed by atoms with Gasteiger partial charge in [0.05, 0.1) is 36.3 Å². The molecule has 0 spiro atoms. The topological polar surface area (TPSA) is 66.8 Å². The van der Waals surface area contributed by atoms with Gasteiger partial charge >= 0.3 is 0 Å². The van der Waals surface area contributed by atoms with Crippen molar-refractivity contribution in [3.05, 3.63) is 39.8 Å². The molecule has 7 heteroatoms. The summed E-state index contributed by atoms with van der Waals surface area (Å²) in [6, 6.07) is 6.80. The lowest BCUT2D eigenvalue weighted by atomic mass is 10.1. The normalized spacial score (nSPS) is 15.1. The van der Waals surface area contributed by atoms with Crippen LogP contribution in [0.1, 0.15) is 19.4 Å². The van der Waals surface area contributed by atoms with Crippen molar-refractivity contribution >= 4 is 40.8 Å². The van der Waals surface area contributed by atoms with E-state index in [1.54, 1.807) is 24.3 Å². The average molecular weight is 370 g/mol. The van der Waals surface area contributed by atoms with Crippen LogP contribution in [0.25, 0.3) is 5.57 Å². The van der Waals surface area contributed by atoms with E-state index < -0.39 is 0 Å². The van der Waals surface area contributed by atoms with Crippen LogP contribution in [0.5, 0.6) is 0 Å². The van der Waals surface area contributed by atoms with Gasteiger partial charge in [0.25, 0.3) is 11.8 Å². The van der Waals surface area contributed by atoms with Crippen LogP contribution in [-0.4, -0.2) is 53.4 Å². The van der Waals surface area contributed by atoms with E-state index in [2.05, 4.69) is 0 Å². The smallest absolute Gasteiger partial charge is 0.268 e. The number of aliphatic hydroxyl groups excluding tert-OH is 1. The minimum absolute atomic E-state index is 0.0322. The van der Waals surface area contributed by atoms with Crippen molar-refractivity contribution < 1.29 is 19.4 Å². The fourth-order valence-electron chi connectivity index (χ4n) is 2.29. The molecule has 0 aliphatic carbocycles. The number of halogens is 1. The highest BCUT2D eigenvalue weighted by atomic mass is 35.5. The average Bonchev–Trinajstić information content (AvgIpc) is 2.77. The van der Waals surface area contributed by atoms with Crippen LogP contribution >= 0.6 is 23.4 Å². The van der Waals surface area contributed by atoms with Crippen LogP contribution < -0.4 is 0 Å². The number of carbonyl (C=O) groups excluding carboxylic acids is 2. The van der Waals surface area contributed by atoms with Crippen LogP contribution in [0.2, 0.25) is 5.02 Å². The maximum absolute atomic E-state index is 12.7. The monoisotopic (exact) mass is 369 g/mol. The van der Waals surface area contributed by atoms with Gasteiger partial charge in [0.15, 0.2) is 0 Å². The number of nitrogens with zero attached hydrogens (tertiary/aromatic N) is 1. The molecule has 0 aromatic heterocycles. The van der Waals surface area contributed by atoms with E-state index in [4.69, 9.17) is 21.4 Å². The van der Waals surface area contributed by atoms with Crippen LogP contribution in [0.15, 0.2) is 29.2 Å². The highest BCUT2D eigenvalue weighted by molar-refractivity contribution is 8.04. The first-order chi connectivity index (χ1) is 11.5. The van der Waals surface area contributed by atoms with Gasteiger partial charge in [0.1, 0.15) is 0 Å². The van der Waals surface area contributed by atoms with Gasteiger partial charge in [0, 0.05) is 10.8 Å². The summed E-state index contributed by atoms with van der Waals surface area (Å²) in [5, 5.41) is 9.61. The molecule has 0 saturated carbocycles. The van der Waals surface area contributed by atoms with Crippen LogP contribution in [-0.2, 0) is 14.3 Å². The van der Waals surface area contributed by atoms with E-state index in [1.807, 2.05) is 13.8 Å². The summed E-state index contributed by atoms with van der Waals surface area (Å²) in [6.45, 7) is 4.22. The maximum Gasteiger partial charge on any atom is 0.268 e. The SMILES string of the molecule is CC(C)OCCN1C(=O)C(SCCO)=C(c2ccc(Cl)cc2)C1=O. The molecular formula is C17H20ClNO4S. The molecule has 1 aliphatic rings. The molecule has 0 unspecified atom stereocenters. The summed E-state index contributed by atoms with van der Waals surface area (Å²) in [4.78, 5) is 26.9. The number of hydrogen-bond acceptors (Lipinski definition) is 5. The summed E-state index contributed by atoms with van der Waals surface area (Å²) in [5.74, 6) is -0.326. The van der Waals surface area contributed by atoms with Gasteiger partial charge < -0.3 is 9.84 Å². The van der Waals surface area contributed by atoms with Gasteiger partial charge in [-0.05, 0) is 31.5 Å². The van der Waals surface area contributed by atoms with E-state index in [-0.39, 0.29) is 31.1 Å². The highest BCUT2D eigenvalue weighted by Crippen LogP contribution is 2.36. The van der Waals surface area contributed by atoms with Crippen LogP contribution in [0.4, 0.5) is 0 Å². The number of hydrogen-bond donors (Lipinski definition) is 1. The molecule has 0 bridgehead atoms. The third-order valence-electron chi connectivity index (χ3n) is 3.36. The van der Waals surface area contributed by atoms with Crippen molar-refractivity contribution in [2.45, 2.75) is 20.0 Å². The second-order valence-electron chi connectivity index (χ2n) is 5.46. The Morgan fingerprint density at radius 1 is 1.21 bits per heavy atom. The van der Waals surface area contributed by atoms with E-state index in [9.17, 15) is 9.59 Å². The first kappa shape index (κ1) is 19.0. The number of thioether (sulfide) groups is 1. The molecular weight excluding hydrogens is 350 g/mol. The largest absolute Gasteiger partial charge is 0.396 e. The van der Waals surface area contributed by atoms with E-state index in [1.165, 1.54) is 16.7 Å². The Morgan fingerprint density at radius 3 is 2.46 bits per heavy atom. The third kappa shape index (κ3) is 4.39. The first-order valence-corrected chi connectivity index (χ1v) is 9.03. The molecule has 0 radical (unpaired) electrons. The Kier molecular flexibility index (Phi) is 6.86. The van der Waals surface area contributed by atoms with Crippen LogP contribution in [0, 0.1) is 0 Å². The minimum atomic E-state index is -0.338. The Balaban J connectivity index is 2.27. The molecule has 1 N–H and O–H groups in total. The van der Waals surface area contributed by atoms with Crippen molar-refractivity contribution in [2.24, 2.45) is 0 Å².